The number of nitrogens with one attached hydrogen (secondary N) is 3. The van der Waals surface area contributed by atoms with Gasteiger partial charge in [0.25, 0.3) is 5.92 Å². The number of benzene rings is 1. The summed E-state index contributed by atoms with van der Waals surface area (Å²) in [7, 11) is 12.3. The van der Waals surface area contributed by atoms with Gasteiger partial charge in [0.15, 0.2) is 0 Å². The molecule has 7 rings (SSSR count). The standard InChI is InChI=1S/C76H115ClF5N13O13/c1-15-46(4)62-71(106)88(9)47(5)66(101)95-36-31-54(95)70(105)91(12)57(41-48-23-17-16-18-24-48)69(104)87(8)44-59(96)83-53(30-28-49-27-29-51(52(77)40-49)76(80,81)82)67(102)90(11)56(42-61(98)94-37-34-75(78,79)35-38-94)65(100)85-74(32-21-22-33-74)73(108)93(14)63(50-25-19-20-26-50)72(107)92(13)58(68(103)86(6)7)43-60(97)89(10)55(39-45(2)3)64(99)84-62/h27,29,40,45-48,50,53-58,62-63H,15-26,28,30-39,41-44H2,1-14H3,(H,83,96)(H,84,99)(H,85,100)/t46-,47-,53-,54-,55-,56-,57-,58-,62-,63-/m0/s1. The third-order valence-electron chi connectivity index (χ3n) is 23.6. The molecule has 0 bridgehead atoms. The Hall–Kier alpha value is -7.73. The van der Waals surface area contributed by atoms with E-state index in [0.29, 0.717) is 44.9 Å². The summed E-state index contributed by atoms with van der Waals surface area (Å²) < 4.78 is 71.4. The molecular formula is C76H115ClF5N13O13. The summed E-state index contributed by atoms with van der Waals surface area (Å²) in [5.41, 5.74) is -2.82. The molecule has 1 aromatic rings. The minimum atomic E-state index is -4.84. The van der Waals surface area contributed by atoms with Crippen LogP contribution in [0.4, 0.5) is 22.0 Å². The molecule has 6 aliphatic rings. The van der Waals surface area contributed by atoms with Crippen molar-refractivity contribution in [2.24, 2.45) is 23.7 Å². The molecule has 3 saturated heterocycles. The lowest BCUT2D eigenvalue weighted by molar-refractivity contribution is -0.160. The molecule has 108 heavy (non-hydrogen) atoms. The largest absolute Gasteiger partial charge is 0.417 e. The first-order valence-corrected chi connectivity index (χ1v) is 38.7. The van der Waals surface area contributed by atoms with Crippen molar-refractivity contribution in [2.45, 2.75) is 254 Å². The Morgan fingerprint density at radius 2 is 1.26 bits per heavy atom. The molecule has 26 nitrogen and oxygen atoms in total. The van der Waals surface area contributed by atoms with E-state index in [-0.39, 0.29) is 62.5 Å². The molecule has 3 N–H and O–H groups in total. The number of halogens is 6. The van der Waals surface area contributed by atoms with Crippen LogP contribution in [-0.4, -0.2) is 281 Å². The molecule has 3 heterocycles. The summed E-state index contributed by atoms with van der Waals surface area (Å²) in [6, 6.07) is -9.55. The van der Waals surface area contributed by atoms with Crippen LogP contribution in [0.5, 0.6) is 0 Å². The number of alkyl halides is 5. The molecule has 0 unspecified atom stereocenters. The van der Waals surface area contributed by atoms with Crippen LogP contribution in [0, 0.1) is 23.7 Å². The Morgan fingerprint density at radius 1 is 0.657 bits per heavy atom. The number of likely N-dealkylation sites (tertiary alicyclic amines) is 1. The lowest BCUT2D eigenvalue weighted by atomic mass is 9.84. The smallest absolute Gasteiger partial charge is 0.347 e. The first-order chi connectivity index (χ1) is 50.6. The van der Waals surface area contributed by atoms with E-state index in [4.69, 9.17) is 11.6 Å². The lowest BCUT2D eigenvalue weighted by Gasteiger charge is -2.45. The normalized spacial score (nSPS) is 27.4. The number of hydrogen-bond acceptors (Lipinski definition) is 13. The SMILES string of the molecule is CC[C@H](C)[C@@H]1NC(=O)[C@H](CC(C)C)N(C)C(=O)C[C@@H](C(=O)N(C)C)N(C)C(=O)[C@H](C2CCCC2)N(C)C(=O)C2(CCCC2)NC(=O)[C@H](CC(=O)N2CCC(F)(F)CC2)N(C)C(=O)[C@H](CCc2ccc(C(F)(F)F)c(Cl)c2)NC(=O)CN(C)C(=O)[C@H](CC2CCCCC2)N(C)C(=O)[C@@H]2CCN2C(=O)[C@H](C)N(C)C1=O. The number of nitrogens with zero attached hydrogens (tertiary/aromatic N) is 10. The summed E-state index contributed by atoms with van der Waals surface area (Å²) in [6.45, 7) is 7.20. The van der Waals surface area contributed by atoms with Gasteiger partial charge in [0.2, 0.25) is 76.8 Å². The molecule has 32 heteroatoms. The fourth-order valence-corrected chi connectivity index (χ4v) is 16.5. The molecule has 3 saturated carbocycles. The van der Waals surface area contributed by atoms with Gasteiger partial charge in [0, 0.05) is 95.9 Å². The highest BCUT2D eigenvalue weighted by Gasteiger charge is 2.52. The van der Waals surface area contributed by atoms with E-state index < -0.39 is 223 Å². The fraction of sp³-hybridized carbons (Fsp3) is 0.750. The molecular weight excluding hydrogens is 1430 g/mol. The van der Waals surface area contributed by atoms with E-state index in [1.165, 1.54) is 92.7 Å². The van der Waals surface area contributed by atoms with E-state index in [1.807, 2.05) is 20.8 Å². The molecule has 604 valence electrons. The second-order valence-electron chi connectivity index (χ2n) is 31.8. The zero-order valence-electron chi connectivity index (χ0n) is 65.4. The second kappa shape index (κ2) is 37.3. The minimum absolute atomic E-state index is 0.0244. The number of likely N-dealkylation sites (N-methyl/N-ethyl adjacent to an activating group) is 8. The van der Waals surface area contributed by atoms with Crippen LogP contribution in [0.15, 0.2) is 18.2 Å². The van der Waals surface area contributed by atoms with Crippen molar-refractivity contribution in [1.29, 1.82) is 0 Å². The third kappa shape index (κ3) is 21.0. The van der Waals surface area contributed by atoms with Crippen molar-refractivity contribution in [3.63, 3.8) is 0 Å². The van der Waals surface area contributed by atoms with Crippen molar-refractivity contribution in [2.75, 3.05) is 89.6 Å². The van der Waals surface area contributed by atoms with Gasteiger partial charge in [-0.3, -0.25) is 62.3 Å². The number of hydrogen-bond donors (Lipinski definition) is 3. The summed E-state index contributed by atoms with van der Waals surface area (Å²) in [6.07, 6.45) is -0.708. The summed E-state index contributed by atoms with van der Waals surface area (Å²) in [5, 5.41) is 7.79. The van der Waals surface area contributed by atoms with Crippen LogP contribution in [0.2, 0.25) is 5.02 Å². The minimum Gasteiger partial charge on any atom is -0.347 e. The van der Waals surface area contributed by atoms with Crippen molar-refractivity contribution in [3.8, 4) is 0 Å². The maximum atomic E-state index is 15.8. The first kappa shape index (κ1) is 87.5. The Kier molecular flexibility index (Phi) is 30.2. The molecule has 10 atom stereocenters. The van der Waals surface area contributed by atoms with E-state index in [0.717, 1.165) is 77.0 Å². The Morgan fingerprint density at radius 3 is 1.81 bits per heavy atom. The van der Waals surface area contributed by atoms with Gasteiger partial charge in [-0.05, 0) is 106 Å². The van der Waals surface area contributed by atoms with Gasteiger partial charge < -0.3 is 64.9 Å². The highest BCUT2D eigenvalue weighted by atomic mass is 35.5. The van der Waals surface area contributed by atoms with Gasteiger partial charge in [-0.25, -0.2) is 8.78 Å². The third-order valence-corrected chi connectivity index (χ3v) is 24.0. The van der Waals surface area contributed by atoms with Crippen LogP contribution in [0.25, 0.3) is 0 Å². The van der Waals surface area contributed by atoms with Crippen molar-refractivity contribution < 1.29 is 84.3 Å². The average molecular weight is 1550 g/mol. The lowest BCUT2D eigenvalue weighted by Crippen LogP contribution is -2.65. The summed E-state index contributed by atoms with van der Waals surface area (Å²) >= 11 is 6.18. The van der Waals surface area contributed by atoms with Crippen LogP contribution < -0.4 is 16.0 Å². The molecule has 6 fully saturated rings. The quantitative estimate of drug-likeness (QED) is 0.188. The Bertz CT molecular complexity index is 3450. The number of aryl methyl sites for hydroxylation is 1. The number of carbonyl (C=O) groups excluding carboxylic acids is 13. The maximum Gasteiger partial charge on any atom is 0.417 e. The predicted octanol–water partition coefficient (Wildman–Crippen LogP) is 6.12. The van der Waals surface area contributed by atoms with E-state index in [1.54, 1.807) is 6.92 Å². The second-order valence-corrected chi connectivity index (χ2v) is 32.3. The predicted molar refractivity (Wildman–Crippen MR) is 392 cm³/mol. The molecule has 3 aliphatic carbocycles. The molecule has 3 aliphatic heterocycles. The van der Waals surface area contributed by atoms with Crippen LogP contribution in [-0.2, 0) is 74.9 Å². The van der Waals surface area contributed by atoms with Gasteiger partial charge in [-0.15, -0.1) is 0 Å². The average Bonchev–Trinajstić information content (AvgIpc) is 1.75. The van der Waals surface area contributed by atoms with Crippen molar-refractivity contribution in [3.05, 3.63) is 34.3 Å². The van der Waals surface area contributed by atoms with Crippen molar-refractivity contribution >= 4 is 88.4 Å². The Labute approximate surface area is 636 Å². The van der Waals surface area contributed by atoms with E-state index in [9.17, 15) is 60.3 Å². The van der Waals surface area contributed by atoms with E-state index in [2.05, 4.69) is 16.0 Å². The first-order valence-electron chi connectivity index (χ1n) is 38.4. The molecule has 0 radical (unpaired) electrons. The van der Waals surface area contributed by atoms with Gasteiger partial charge in [-0.1, -0.05) is 110 Å². The molecule has 13 amide bonds. The highest BCUT2D eigenvalue weighted by molar-refractivity contribution is 6.31. The van der Waals surface area contributed by atoms with Gasteiger partial charge in [0.05, 0.1) is 30.0 Å². The fourth-order valence-electron chi connectivity index (χ4n) is 16.2. The van der Waals surface area contributed by atoms with E-state index >= 15 is 24.0 Å². The Balaban J connectivity index is 1.35. The number of rotatable bonds is 13. The summed E-state index contributed by atoms with van der Waals surface area (Å²) in [5.74, 6) is -14.5. The van der Waals surface area contributed by atoms with Gasteiger partial charge in [-0.2, -0.15) is 13.2 Å². The maximum absolute atomic E-state index is 15.8. The number of piperidine rings is 1. The van der Waals surface area contributed by atoms with Gasteiger partial charge in [0.1, 0.15) is 59.9 Å². The highest BCUT2D eigenvalue weighted by Crippen LogP contribution is 2.39. The zero-order chi connectivity index (χ0) is 80.4. The van der Waals surface area contributed by atoms with Crippen LogP contribution in [0.3, 0.4) is 0 Å². The molecule has 1 spiro atoms. The number of amides is 13. The molecule has 1 aromatic carbocycles. The number of carbonyl (C=O) groups is 13. The van der Waals surface area contributed by atoms with Crippen LogP contribution >= 0.6 is 11.6 Å². The monoisotopic (exact) mass is 1550 g/mol. The van der Waals surface area contributed by atoms with Crippen LogP contribution in [0.1, 0.15) is 187 Å². The number of fused-ring (bicyclic) bond motifs is 1. The molecule has 0 aromatic heterocycles. The van der Waals surface area contributed by atoms with Crippen molar-refractivity contribution in [1.82, 2.24) is 64.9 Å². The zero-order valence-corrected chi connectivity index (χ0v) is 66.1. The summed E-state index contributed by atoms with van der Waals surface area (Å²) in [4.78, 5) is 208. The van der Waals surface area contributed by atoms with Gasteiger partial charge >= 0.3 is 6.18 Å². The topological polar surface area (TPSA) is 290 Å².